The quantitative estimate of drug-likeness (QED) is 0.314. The Bertz CT molecular complexity index is 205. The van der Waals surface area contributed by atoms with E-state index in [-0.39, 0.29) is 6.42 Å². The van der Waals surface area contributed by atoms with Crippen LogP contribution in [0.3, 0.4) is 0 Å². The van der Waals surface area contributed by atoms with Gasteiger partial charge in [0.1, 0.15) is 12.2 Å². The predicted molar refractivity (Wildman–Crippen MR) is 39.8 cm³/mol. The van der Waals surface area contributed by atoms with Crippen molar-refractivity contribution in [1.82, 2.24) is 0 Å². The molecule has 0 aliphatic heterocycles. The summed E-state index contributed by atoms with van der Waals surface area (Å²) in [6.07, 6.45) is -6.18. The molecule has 1 saturated carbocycles. The van der Waals surface area contributed by atoms with Crippen LogP contribution in [0.25, 0.3) is 0 Å². The van der Waals surface area contributed by atoms with Crippen molar-refractivity contribution >= 4 is 5.97 Å². The van der Waals surface area contributed by atoms with Gasteiger partial charge < -0.3 is 25.5 Å². The monoisotopic (exact) mass is 192 g/mol. The lowest BCUT2D eigenvalue weighted by atomic mass is 9.81. The van der Waals surface area contributed by atoms with Crippen LogP contribution in [0.5, 0.6) is 0 Å². The first kappa shape index (κ1) is 10.4. The molecular formula is C7H12O6. The van der Waals surface area contributed by atoms with Gasteiger partial charge in [0.05, 0.1) is 18.1 Å². The molecule has 1 fully saturated rings. The maximum absolute atomic E-state index is 10.5. The lowest BCUT2D eigenvalue weighted by Crippen LogP contribution is -2.55. The summed E-state index contributed by atoms with van der Waals surface area (Å²) in [6.45, 7) is 0. The maximum Gasteiger partial charge on any atom is 0.309 e. The van der Waals surface area contributed by atoms with Crippen molar-refractivity contribution in [2.45, 2.75) is 30.8 Å². The Morgan fingerprint density at radius 1 is 1.00 bits per heavy atom. The van der Waals surface area contributed by atoms with Crippen LogP contribution in [-0.4, -0.2) is 55.9 Å². The molecule has 6 heteroatoms. The summed E-state index contributed by atoms with van der Waals surface area (Å²) in [7, 11) is 0. The average Bonchev–Trinajstić information content (AvgIpc) is 2.07. The first-order valence-corrected chi connectivity index (χ1v) is 3.90. The van der Waals surface area contributed by atoms with E-state index in [9.17, 15) is 9.90 Å². The van der Waals surface area contributed by atoms with E-state index < -0.39 is 36.3 Å². The molecule has 0 unspecified atom stereocenters. The Morgan fingerprint density at radius 2 is 1.54 bits per heavy atom. The highest BCUT2D eigenvalue weighted by molar-refractivity contribution is 5.71. The molecule has 0 aromatic heterocycles. The zero-order chi connectivity index (χ0) is 10.2. The number of carboxylic acid groups (broad SMARTS) is 1. The van der Waals surface area contributed by atoms with Gasteiger partial charge in [-0.2, -0.15) is 0 Å². The highest BCUT2D eigenvalue weighted by Crippen LogP contribution is 2.25. The molecule has 0 saturated heterocycles. The number of aliphatic hydroxyl groups is 4. The molecular weight excluding hydrogens is 180 g/mol. The van der Waals surface area contributed by atoms with Crippen LogP contribution in [0.1, 0.15) is 6.42 Å². The molecule has 0 amide bonds. The number of hydrogen-bond acceptors (Lipinski definition) is 5. The van der Waals surface area contributed by atoms with Crippen LogP contribution in [-0.2, 0) is 4.79 Å². The number of carbonyl (C=O) groups is 1. The summed E-state index contributed by atoms with van der Waals surface area (Å²) >= 11 is 0. The van der Waals surface area contributed by atoms with Gasteiger partial charge in [-0.1, -0.05) is 0 Å². The fraction of sp³-hybridized carbons (Fsp3) is 0.857. The number of aliphatic carboxylic acids is 1. The van der Waals surface area contributed by atoms with E-state index in [1.54, 1.807) is 0 Å². The van der Waals surface area contributed by atoms with E-state index in [0.29, 0.717) is 0 Å². The number of carboxylic acids is 1. The van der Waals surface area contributed by atoms with Crippen LogP contribution in [0.4, 0.5) is 0 Å². The van der Waals surface area contributed by atoms with Crippen LogP contribution in [0.2, 0.25) is 0 Å². The van der Waals surface area contributed by atoms with Crippen LogP contribution in [0.15, 0.2) is 0 Å². The van der Waals surface area contributed by atoms with Crippen molar-refractivity contribution in [3.05, 3.63) is 0 Å². The molecule has 0 aromatic rings. The molecule has 0 spiro atoms. The highest BCUT2D eigenvalue weighted by atomic mass is 16.4. The zero-order valence-electron chi connectivity index (χ0n) is 6.74. The van der Waals surface area contributed by atoms with Gasteiger partial charge in [-0.15, -0.1) is 0 Å². The minimum Gasteiger partial charge on any atom is -0.481 e. The van der Waals surface area contributed by atoms with E-state index in [4.69, 9.17) is 20.4 Å². The molecule has 1 rings (SSSR count). The van der Waals surface area contributed by atoms with E-state index in [1.807, 2.05) is 0 Å². The Labute approximate surface area is 74.1 Å². The molecule has 76 valence electrons. The Kier molecular flexibility index (Phi) is 2.87. The third-order valence-electron chi connectivity index (χ3n) is 2.32. The maximum atomic E-state index is 10.5. The second-order valence-corrected chi connectivity index (χ2v) is 3.22. The highest BCUT2D eigenvalue weighted by Gasteiger charge is 2.44. The lowest BCUT2D eigenvalue weighted by Gasteiger charge is -2.36. The van der Waals surface area contributed by atoms with Crippen molar-refractivity contribution in [2.75, 3.05) is 0 Å². The molecule has 0 heterocycles. The molecule has 0 radical (unpaired) electrons. The molecule has 0 aromatic carbocycles. The van der Waals surface area contributed by atoms with Gasteiger partial charge in [0.2, 0.25) is 0 Å². The Morgan fingerprint density at radius 3 is 2.00 bits per heavy atom. The molecule has 5 N–H and O–H groups in total. The molecule has 13 heavy (non-hydrogen) atoms. The smallest absolute Gasteiger partial charge is 0.309 e. The van der Waals surface area contributed by atoms with Crippen LogP contribution < -0.4 is 0 Å². The summed E-state index contributed by atoms with van der Waals surface area (Å²) < 4.78 is 0. The van der Waals surface area contributed by atoms with E-state index in [2.05, 4.69) is 0 Å². The molecule has 5 atom stereocenters. The Hall–Kier alpha value is -0.690. The summed E-state index contributed by atoms with van der Waals surface area (Å²) in [5.74, 6) is -2.52. The van der Waals surface area contributed by atoms with Crippen molar-refractivity contribution in [3.63, 3.8) is 0 Å². The van der Waals surface area contributed by atoms with E-state index in [0.717, 1.165) is 0 Å². The number of rotatable bonds is 1. The van der Waals surface area contributed by atoms with Crippen LogP contribution in [0, 0.1) is 5.92 Å². The first-order chi connectivity index (χ1) is 5.95. The van der Waals surface area contributed by atoms with Gasteiger partial charge in [-0.3, -0.25) is 4.79 Å². The summed E-state index contributed by atoms with van der Waals surface area (Å²) in [6, 6.07) is 0. The van der Waals surface area contributed by atoms with Crippen molar-refractivity contribution in [2.24, 2.45) is 5.92 Å². The van der Waals surface area contributed by atoms with Crippen LogP contribution >= 0.6 is 0 Å². The third kappa shape index (κ3) is 1.80. The summed E-state index contributed by atoms with van der Waals surface area (Å²) in [5, 5.41) is 45.0. The van der Waals surface area contributed by atoms with E-state index in [1.165, 1.54) is 0 Å². The summed E-state index contributed by atoms with van der Waals surface area (Å²) in [4.78, 5) is 10.5. The minimum absolute atomic E-state index is 0.255. The molecule has 0 bridgehead atoms. The van der Waals surface area contributed by atoms with Crippen molar-refractivity contribution < 1.29 is 30.3 Å². The second-order valence-electron chi connectivity index (χ2n) is 3.22. The van der Waals surface area contributed by atoms with Crippen molar-refractivity contribution in [3.8, 4) is 0 Å². The SMILES string of the molecule is O=C(O)[C@@H]1C[C@@H](O)[C@H](O)[C@@H](O)[C@@H]1O. The number of hydrogen-bond donors (Lipinski definition) is 5. The van der Waals surface area contributed by atoms with Gasteiger partial charge in [0, 0.05) is 0 Å². The number of aliphatic hydroxyl groups excluding tert-OH is 4. The summed E-state index contributed by atoms with van der Waals surface area (Å²) in [5.41, 5.74) is 0. The molecule has 6 nitrogen and oxygen atoms in total. The third-order valence-corrected chi connectivity index (χ3v) is 2.32. The standard InChI is InChI=1S/C7H12O6/c8-3-1-2(7(12)13)4(9)6(11)5(3)10/h2-6,8-11H,1H2,(H,12,13)/t2-,3-,4-,5+,6+/m1/s1. The fourth-order valence-electron chi connectivity index (χ4n) is 1.45. The molecule has 1 aliphatic carbocycles. The Balaban J connectivity index is 2.76. The second kappa shape index (κ2) is 3.59. The first-order valence-electron chi connectivity index (χ1n) is 3.90. The van der Waals surface area contributed by atoms with Crippen molar-refractivity contribution in [1.29, 1.82) is 0 Å². The average molecular weight is 192 g/mol. The van der Waals surface area contributed by atoms with E-state index >= 15 is 0 Å². The lowest BCUT2D eigenvalue weighted by molar-refractivity contribution is -0.178. The topological polar surface area (TPSA) is 118 Å². The van der Waals surface area contributed by atoms with Gasteiger partial charge in [0.15, 0.2) is 0 Å². The largest absolute Gasteiger partial charge is 0.481 e. The minimum atomic E-state index is -1.61. The van der Waals surface area contributed by atoms with Gasteiger partial charge in [-0.05, 0) is 6.42 Å². The fourth-order valence-corrected chi connectivity index (χ4v) is 1.45. The van der Waals surface area contributed by atoms with Gasteiger partial charge in [0.25, 0.3) is 0 Å². The predicted octanol–water partition coefficient (Wildman–Crippen LogP) is -2.47. The normalized spacial score (nSPS) is 46.0. The zero-order valence-corrected chi connectivity index (χ0v) is 6.74. The van der Waals surface area contributed by atoms with Gasteiger partial charge >= 0.3 is 5.97 Å². The van der Waals surface area contributed by atoms with Gasteiger partial charge in [-0.25, -0.2) is 0 Å². The molecule has 1 aliphatic rings.